The van der Waals surface area contributed by atoms with Gasteiger partial charge in [-0.15, -0.1) is 0 Å². The Kier molecular flexibility index (Phi) is 8.23. The maximum atomic E-state index is 2.52. The lowest BCUT2D eigenvalue weighted by molar-refractivity contribution is 0.660. The van der Waals surface area contributed by atoms with E-state index in [4.69, 9.17) is 0 Å². The van der Waals surface area contributed by atoms with Gasteiger partial charge in [0.25, 0.3) is 0 Å². The van der Waals surface area contributed by atoms with E-state index in [9.17, 15) is 0 Å². The molecule has 0 amide bonds. The summed E-state index contributed by atoms with van der Waals surface area (Å²) in [5.41, 5.74) is 18.2. The lowest BCUT2D eigenvalue weighted by Gasteiger charge is -2.32. The molecule has 0 saturated heterocycles. The molecule has 1 aliphatic carbocycles. The van der Waals surface area contributed by atoms with Gasteiger partial charge in [0, 0.05) is 22.2 Å². The Balaban J connectivity index is 1.27. The second-order valence-electron chi connectivity index (χ2n) is 15.3. The van der Waals surface area contributed by atoms with Crippen LogP contribution in [0.2, 0.25) is 0 Å². The van der Waals surface area contributed by atoms with Crippen LogP contribution in [0.1, 0.15) is 25.0 Å². The molecule has 0 unspecified atom stereocenters. The van der Waals surface area contributed by atoms with Crippen LogP contribution < -0.4 is 4.90 Å². The van der Waals surface area contributed by atoms with E-state index in [1.165, 1.54) is 83.2 Å². The molecule has 56 heavy (non-hydrogen) atoms. The number of rotatable bonds is 7. The Bertz CT molecular complexity index is 2860. The molecule has 0 fully saturated rings. The minimum Gasteiger partial charge on any atom is -0.309 e. The number of hydrogen-bond donors (Lipinski definition) is 0. The van der Waals surface area contributed by atoms with Gasteiger partial charge in [0.15, 0.2) is 0 Å². The molecule has 0 aromatic heterocycles. The summed E-state index contributed by atoms with van der Waals surface area (Å²) in [5, 5.41) is 2.51. The molecule has 0 radical (unpaired) electrons. The summed E-state index contributed by atoms with van der Waals surface area (Å²) in [6, 6.07) is 77.7. The fourth-order valence-electron chi connectivity index (χ4n) is 9.04. The van der Waals surface area contributed by atoms with Crippen molar-refractivity contribution in [3.05, 3.63) is 223 Å². The molecule has 1 heteroatoms. The topological polar surface area (TPSA) is 3.24 Å². The summed E-state index contributed by atoms with van der Waals surface area (Å²) < 4.78 is 0. The van der Waals surface area contributed by atoms with Crippen molar-refractivity contribution in [2.24, 2.45) is 0 Å². The minimum atomic E-state index is -0.138. The Morgan fingerprint density at radius 3 is 1.55 bits per heavy atom. The molecule has 1 nitrogen and oxygen atoms in total. The Hall–Kier alpha value is -6.96. The first-order valence-corrected chi connectivity index (χ1v) is 19.5. The molecule has 1 aliphatic rings. The Labute approximate surface area is 329 Å². The molecule has 0 N–H and O–H groups in total. The highest BCUT2D eigenvalue weighted by molar-refractivity contribution is 6.04. The number of anilines is 3. The minimum absolute atomic E-state index is 0.138. The predicted molar refractivity (Wildman–Crippen MR) is 238 cm³/mol. The van der Waals surface area contributed by atoms with E-state index in [-0.39, 0.29) is 5.41 Å². The standard InChI is InChI=1S/C55H41N/c1-55(2)49-30-14-13-27-48(49)54-50(55)31-17-33-52(54)56(42-36-34-41(35-37-42)44-28-15-23-39-22-9-10-24-43(39)44)51-32-16-29-46(40-20-7-4-8-21-40)53(51)47-26-12-11-25-45(47)38-18-5-3-6-19-38/h3-37H,1-2H3. The van der Waals surface area contributed by atoms with Gasteiger partial charge in [0.2, 0.25) is 0 Å². The molecule has 9 aromatic rings. The van der Waals surface area contributed by atoms with E-state index in [0.717, 1.165) is 11.4 Å². The highest BCUT2D eigenvalue weighted by atomic mass is 15.1. The molecular formula is C55H41N. The van der Waals surface area contributed by atoms with Crippen molar-refractivity contribution in [2.45, 2.75) is 19.3 Å². The van der Waals surface area contributed by atoms with Crippen LogP contribution in [0.15, 0.2) is 212 Å². The first-order valence-electron chi connectivity index (χ1n) is 19.5. The van der Waals surface area contributed by atoms with Crippen molar-refractivity contribution < 1.29 is 0 Å². The molecule has 0 saturated carbocycles. The number of nitrogens with zero attached hydrogens (tertiary/aromatic N) is 1. The maximum Gasteiger partial charge on any atom is 0.0546 e. The first-order chi connectivity index (χ1) is 27.6. The maximum absolute atomic E-state index is 2.52. The lowest BCUT2D eigenvalue weighted by Crippen LogP contribution is -2.16. The van der Waals surface area contributed by atoms with Crippen molar-refractivity contribution in [3.8, 4) is 55.6 Å². The van der Waals surface area contributed by atoms with Gasteiger partial charge in [-0.2, -0.15) is 0 Å². The highest BCUT2D eigenvalue weighted by Gasteiger charge is 2.38. The molecule has 0 spiro atoms. The third kappa shape index (κ3) is 5.55. The van der Waals surface area contributed by atoms with Gasteiger partial charge < -0.3 is 4.90 Å². The summed E-state index contributed by atoms with van der Waals surface area (Å²) in [7, 11) is 0. The van der Waals surface area contributed by atoms with Crippen LogP contribution >= 0.6 is 0 Å². The quantitative estimate of drug-likeness (QED) is 0.159. The summed E-state index contributed by atoms with van der Waals surface area (Å²) in [4.78, 5) is 2.52. The lowest BCUT2D eigenvalue weighted by atomic mass is 9.82. The molecule has 10 rings (SSSR count). The van der Waals surface area contributed by atoms with Crippen LogP contribution in [-0.2, 0) is 5.41 Å². The van der Waals surface area contributed by atoms with E-state index in [0.29, 0.717) is 0 Å². The Morgan fingerprint density at radius 2 is 0.804 bits per heavy atom. The zero-order chi connectivity index (χ0) is 37.6. The fraction of sp³-hybridized carbons (Fsp3) is 0.0545. The summed E-state index contributed by atoms with van der Waals surface area (Å²) in [5.74, 6) is 0. The van der Waals surface area contributed by atoms with Crippen LogP contribution in [0.4, 0.5) is 17.1 Å². The van der Waals surface area contributed by atoms with E-state index < -0.39 is 0 Å². The van der Waals surface area contributed by atoms with Crippen molar-refractivity contribution in [2.75, 3.05) is 4.90 Å². The van der Waals surface area contributed by atoms with Gasteiger partial charge in [-0.25, -0.2) is 0 Å². The molecule has 0 bridgehead atoms. The highest BCUT2D eigenvalue weighted by Crippen LogP contribution is 2.56. The number of hydrogen-bond acceptors (Lipinski definition) is 1. The van der Waals surface area contributed by atoms with Crippen molar-refractivity contribution in [3.63, 3.8) is 0 Å². The molecule has 266 valence electrons. The van der Waals surface area contributed by atoms with E-state index in [2.05, 4.69) is 231 Å². The number of fused-ring (bicyclic) bond motifs is 4. The van der Waals surface area contributed by atoms with Crippen LogP contribution in [-0.4, -0.2) is 0 Å². The molecular weight excluding hydrogens is 675 g/mol. The first kappa shape index (κ1) is 33.6. The van der Waals surface area contributed by atoms with Crippen LogP contribution in [0.3, 0.4) is 0 Å². The number of benzene rings is 9. The third-order valence-electron chi connectivity index (χ3n) is 11.7. The van der Waals surface area contributed by atoms with Crippen molar-refractivity contribution >= 4 is 27.8 Å². The van der Waals surface area contributed by atoms with Gasteiger partial charge in [-0.05, 0) is 90.7 Å². The normalized spacial score (nSPS) is 12.6. The van der Waals surface area contributed by atoms with Gasteiger partial charge in [-0.1, -0.05) is 202 Å². The van der Waals surface area contributed by atoms with Gasteiger partial charge in [0.05, 0.1) is 11.4 Å². The second kappa shape index (κ2) is 13.7. The van der Waals surface area contributed by atoms with Gasteiger partial charge >= 0.3 is 0 Å². The third-order valence-corrected chi connectivity index (χ3v) is 11.7. The van der Waals surface area contributed by atoms with Crippen LogP contribution in [0, 0.1) is 0 Å². The molecule has 9 aromatic carbocycles. The zero-order valence-corrected chi connectivity index (χ0v) is 31.7. The fourth-order valence-corrected chi connectivity index (χ4v) is 9.04. The van der Waals surface area contributed by atoms with Crippen LogP contribution in [0.25, 0.3) is 66.4 Å². The summed E-state index contributed by atoms with van der Waals surface area (Å²) in [6.07, 6.45) is 0. The largest absolute Gasteiger partial charge is 0.309 e. The van der Waals surface area contributed by atoms with Crippen molar-refractivity contribution in [1.82, 2.24) is 0 Å². The van der Waals surface area contributed by atoms with E-state index in [1.807, 2.05) is 0 Å². The SMILES string of the molecule is CC1(C)c2ccccc2-c2c(N(c3ccc(-c4cccc5ccccc45)cc3)c3cccc(-c4ccccc4)c3-c3ccccc3-c3ccccc3)cccc21. The van der Waals surface area contributed by atoms with Gasteiger partial charge in [0.1, 0.15) is 0 Å². The molecule has 0 heterocycles. The van der Waals surface area contributed by atoms with E-state index >= 15 is 0 Å². The summed E-state index contributed by atoms with van der Waals surface area (Å²) in [6.45, 7) is 4.73. The smallest absolute Gasteiger partial charge is 0.0546 e. The Morgan fingerprint density at radius 1 is 0.321 bits per heavy atom. The average Bonchev–Trinajstić information content (AvgIpc) is 3.50. The second-order valence-corrected chi connectivity index (χ2v) is 15.3. The zero-order valence-electron chi connectivity index (χ0n) is 31.7. The average molecular weight is 716 g/mol. The monoisotopic (exact) mass is 715 g/mol. The van der Waals surface area contributed by atoms with Gasteiger partial charge in [-0.3, -0.25) is 0 Å². The molecule has 0 atom stereocenters. The van der Waals surface area contributed by atoms with Crippen molar-refractivity contribution in [1.29, 1.82) is 0 Å². The molecule has 0 aliphatic heterocycles. The van der Waals surface area contributed by atoms with E-state index in [1.54, 1.807) is 0 Å². The predicted octanol–water partition coefficient (Wildman–Crippen LogP) is 15.3. The summed E-state index contributed by atoms with van der Waals surface area (Å²) >= 11 is 0. The van der Waals surface area contributed by atoms with Crippen LogP contribution in [0.5, 0.6) is 0 Å².